The van der Waals surface area contributed by atoms with Crippen molar-refractivity contribution in [3.8, 4) is 5.75 Å². The van der Waals surface area contributed by atoms with E-state index < -0.39 is 17.8 Å². The van der Waals surface area contributed by atoms with Crippen molar-refractivity contribution in [2.75, 3.05) is 19.0 Å². The molecule has 0 unspecified atom stereocenters. The van der Waals surface area contributed by atoms with E-state index in [0.29, 0.717) is 21.9 Å². The van der Waals surface area contributed by atoms with Crippen LogP contribution in [0.4, 0.5) is 5.00 Å². The summed E-state index contributed by atoms with van der Waals surface area (Å²) in [5.41, 5.74) is 4.14. The van der Waals surface area contributed by atoms with Gasteiger partial charge in [-0.3, -0.25) is 9.59 Å². The number of aryl methyl sites for hydroxylation is 1. The SMILES string of the molecule is CCOC(=O)c1c(NC(=O)C(=O)NN=Cc2ccccc2OC)sc2c1CCCCC2. The zero-order valence-corrected chi connectivity index (χ0v) is 18.3. The maximum Gasteiger partial charge on any atom is 0.341 e. The van der Waals surface area contributed by atoms with Crippen molar-refractivity contribution < 1.29 is 23.9 Å². The first-order valence-corrected chi connectivity index (χ1v) is 11.0. The monoisotopic (exact) mass is 443 g/mol. The molecule has 1 heterocycles. The first kappa shape index (κ1) is 22.5. The molecule has 0 saturated carbocycles. The van der Waals surface area contributed by atoms with Crippen LogP contribution in [0.1, 0.15) is 52.5 Å². The topological polar surface area (TPSA) is 106 Å². The van der Waals surface area contributed by atoms with Crippen molar-refractivity contribution in [2.45, 2.75) is 39.0 Å². The summed E-state index contributed by atoms with van der Waals surface area (Å²) in [6.45, 7) is 1.96. The quantitative estimate of drug-likeness (QED) is 0.234. The molecule has 1 aliphatic rings. The molecule has 2 aromatic rings. The number of ether oxygens (including phenoxy) is 2. The average molecular weight is 444 g/mol. The number of benzene rings is 1. The Bertz CT molecular complexity index is 999. The Morgan fingerprint density at radius 3 is 2.68 bits per heavy atom. The van der Waals surface area contributed by atoms with Crippen LogP contribution in [-0.4, -0.2) is 37.7 Å². The number of para-hydroxylation sites is 1. The van der Waals surface area contributed by atoms with Gasteiger partial charge in [0.05, 0.1) is 25.5 Å². The van der Waals surface area contributed by atoms with Gasteiger partial charge in [0.2, 0.25) is 0 Å². The predicted molar refractivity (Wildman–Crippen MR) is 119 cm³/mol. The van der Waals surface area contributed by atoms with Gasteiger partial charge in [-0.15, -0.1) is 11.3 Å². The maximum atomic E-state index is 12.5. The molecule has 0 spiro atoms. The molecule has 2 N–H and O–H groups in total. The molecule has 0 fully saturated rings. The lowest BCUT2D eigenvalue weighted by Gasteiger charge is -2.08. The minimum absolute atomic E-state index is 0.231. The fourth-order valence-electron chi connectivity index (χ4n) is 3.39. The number of fused-ring (bicyclic) bond motifs is 1. The Hall–Kier alpha value is -3.20. The average Bonchev–Trinajstić information content (AvgIpc) is 2.94. The summed E-state index contributed by atoms with van der Waals surface area (Å²) >= 11 is 1.33. The number of carbonyl (C=O) groups excluding carboxylic acids is 3. The highest BCUT2D eigenvalue weighted by molar-refractivity contribution is 7.17. The van der Waals surface area contributed by atoms with E-state index in [2.05, 4.69) is 15.8 Å². The lowest BCUT2D eigenvalue weighted by molar-refractivity contribution is -0.136. The first-order valence-electron chi connectivity index (χ1n) is 10.1. The molecule has 9 heteroatoms. The van der Waals surface area contributed by atoms with Gasteiger partial charge in [-0.05, 0) is 50.3 Å². The second kappa shape index (κ2) is 10.7. The van der Waals surface area contributed by atoms with E-state index in [9.17, 15) is 14.4 Å². The fraction of sp³-hybridized carbons (Fsp3) is 0.364. The van der Waals surface area contributed by atoms with Crippen molar-refractivity contribution in [1.82, 2.24) is 5.43 Å². The molecule has 164 valence electrons. The van der Waals surface area contributed by atoms with E-state index in [-0.39, 0.29) is 6.61 Å². The fourth-order valence-corrected chi connectivity index (χ4v) is 4.67. The predicted octanol–water partition coefficient (Wildman–Crippen LogP) is 3.29. The van der Waals surface area contributed by atoms with Crippen molar-refractivity contribution in [3.63, 3.8) is 0 Å². The van der Waals surface area contributed by atoms with Crippen molar-refractivity contribution in [2.24, 2.45) is 5.10 Å². The van der Waals surface area contributed by atoms with Gasteiger partial charge in [-0.2, -0.15) is 5.10 Å². The van der Waals surface area contributed by atoms with Crippen molar-refractivity contribution in [1.29, 1.82) is 0 Å². The first-order chi connectivity index (χ1) is 15.0. The molecule has 2 amide bonds. The summed E-state index contributed by atoms with van der Waals surface area (Å²) in [6.07, 6.45) is 6.09. The number of anilines is 1. The highest BCUT2D eigenvalue weighted by Crippen LogP contribution is 2.38. The molecule has 1 aromatic carbocycles. The second-order valence-electron chi connectivity index (χ2n) is 6.88. The van der Waals surface area contributed by atoms with Gasteiger partial charge >= 0.3 is 17.8 Å². The Morgan fingerprint density at radius 1 is 1.13 bits per heavy atom. The van der Waals surface area contributed by atoms with Crippen LogP contribution in [0, 0.1) is 0 Å². The third kappa shape index (κ3) is 5.49. The summed E-state index contributed by atoms with van der Waals surface area (Å²) in [7, 11) is 1.53. The van der Waals surface area contributed by atoms with E-state index in [0.717, 1.165) is 42.5 Å². The van der Waals surface area contributed by atoms with Crippen LogP contribution < -0.4 is 15.5 Å². The maximum absolute atomic E-state index is 12.5. The Morgan fingerprint density at radius 2 is 1.90 bits per heavy atom. The van der Waals surface area contributed by atoms with Gasteiger partial charge in [0, 0.05) is 10.4 Å². The zero-order valence-electron chi connectivity index (χ0n) is 17.5. The number of nitrogens with zero attached hydrogens (tertiary/aromatic N) is 1. The Kier molecular flexibility index (Phi) is 7.77. The summed E-state index contributed by atoms with van der Waals surface area (Å²) in [4.78, 5) is 38.3. The molecule has 0 radical (unpaired) electrons. The lowest BCUT2D eigenvalue weighted by atomic mass is 10.1. The van der Waals surface area contributed by atoms with E-state index >= 15 is 0 Å². The van der Waals surface area contributed by atoms with Gasteiger partial charge in [-0.25, -0.2) is 10.2 Å². The summed E-state index contributed by atoms with van der Waals surface area (Å²) in [6, 6.07) is 7.13. The molecule has 3 rings (SSSR count). The number of esters is 1. The molecule has 0 atom stereocenters. The molecular formula is C22H25N3O5S. The number of hydrogen-bond acceptors (Lipinski definition) is 7. The minimum atomic E-state index is -0.940. The molecule has 8 nitrogen and oxygen atoms in total. The van der Waals surface area contributed by atoms with Crippen LogP contribution in [0.25, 0.3) is 0 Å². The number of rotatable bonds is 6. The van der Waals surface area contributed by atoms with E-state index in [1.54, 1.807) is 25.1 Å². The molecule has 1 aliphatic carbocycles. The van der Waals surface area contributed by atoms with Crippen LogP contribution in [0.3, 0.4) is 0 Å². The molecule has 0 aliphatic heterocycles. The number of hydrazone groups is 1. The second-order valence-corrected chi connectivity index (χ2v) is 7.99. The lowest BCUT2D eigenvalue weighted by Crippen LogP contribution is -2.32. The molecule has 0 saturated heterocycles. The highest BCUT2D eigenvalue weighted by atomic mass is 32.1. The number of amides is 2. The smallest absolute Gasteiger partial charge is 0.341 e. The normalized spacial score (nSPS) is 13.2. The van der Waals surface area contributed by atoms with Crippen LogP contribution in [0.15, 0.2) is 29.4 Å². The zero-order chi connectivity index (χ0) is 22.2. The summed E-state index contributed by atoms with van der Waals surface area (Å²) in [5, 5.41) is 6.74. The van der Waals surface area contributed by atoms with Crippen LogP contribution >= 0.6 is 11.3 Å². The Labute approximate surface area is 184 Å². The van der Waals surface area contributed by atoms with Gasteiger partial charge < -0.3 is 14.8 Å². The summed E-state index contributed by atoms with van der Waals surface area (Å²) in [5.74, 6) is -1.74. The molecule has 31 heavy (non-hydrogen) atoms. The summed E-state index contributed by atoms with van der Waals surface area (Å²) < 4.78 is 10.4. The number of methoxy groups -OCH3 is 1. The molecular weight excluding hydrogens is 418 g/mol. The third-order valence-corrected chi connectivity index (χ3v) is 6.05. The number of thiophene rings is 1. The van der Waals surface area contributed by atoms with Crippen LogP contribution in [0.5, 0.6) is 5.75 Å². The van der Waals surface area contributed by atoms with Gasteiger partial charge in [0.25, 0.3) is 0 Å². The standard InChI is InChI=1S/C22H25N3O5S/c1-3-30-22(28)18-15-10-5-4-6-12-17(15)31-21(18)24-19(26)20(27)25-23-13-14-9-7-8-11-16(14)29-2/h7-9,11,13H,3-6,10,12H2,1-2H3,(H,24,26)(H,25,27). The van der Waals surface area contributed by atoms with Gasteiger partial charge in [-0.1, -0.05) is 18.6 Å². The van der Waals surface area contributed by atoms with E-state index in [1.807, 2.05) is 6.07 Å². The van der Waals surface area contributed by atoms with Crippen molar-refractivity contribution >= 4 is 40.3 Å². The largest absolute Gasteiger partial charge is 0.496 e. The minimum Gasteiger partial charge on any atom is -0.496 e. The number of nitrogens with one attached hydrogen (secondary N) is 2. The van der Waals surface area contributed by atoms with E-state index in [1.165, 1.54) is 24.7 Å². The number of carbonyl (C=O) groups is 3. The van der Waals surface area contributed by atoms with Crippen LogP contribution in [-0.2, 0) is 27.2 Å². The van der Waals surface area contributed by atoms with E-state index in [4.69, 9.17) is 9.47 Å². The van der Waals surface area contributed by atoms with Crippen molar-refractivity contribution in [3.05, 3.63) is 45.8 Å². The van der Waals surface area contributed by atoms with Gasteiger partial charge in [0.1, 0.15) is 10.8 Å². The highest BCUT2D eigenvalue weighted by Gasteiger charge is 2.27. The molecule has 1 aromatic heterocycles. The molecule has 0 bridgehead atoms. The number of hydrogen-bond donors (Lipinski definition) is 2. The van der Waals surface area contributed by atoms with Crippen LogP contribution in [0.2, 0.25) is 0 Å². The Balaban J connectivity index is 1.72. The van der Waals surface area contributed by atoms with Gasteiger partial charge in [0.15, 0.2) is 0 Å². The third-order valence-electron chi connectivity index (χ3n) is 4.84.